The lowest BCUT2D eigenvalue weighted by molar-refractivity contribution is 0.0117. The summed E-state index contributed by atoms with van der Waals surface area (Å²) in [5.41, 5.74) is 6.17. The van der Waals surface area contributed by atoms with Gasteiger partial charge >= 0.3 is 0 Å². The summed E-state index contributed by atoms with van der Waals surface area (Å²) in [5, 5.41) is 3.21. The normalized spacial score (nSPS) is 24.9. The highest BCUT2D eigenvalue weighted by atomic mass is 16.5. The first-order valence-electron chi connectivity index (χ1n) is 6.82. The number of nitrogens with zero attached hydrogens (tertiary/aromatic N) is 2. The van der Waals surface area contributed by atoms with Crippen LogP contribution < -0.4 is 11.1 Å². The number of ether oxygens (including phenoxy) is 1. The van der Waals surface area contributed by atoms with Crippen LogP contribution in [0.2, 0.25) is 0 Å². The van der Waals surface area contributed by atoms with Gasteiger partial charge < -0.3 is 15.8 Å². The SMILES string of the molecule is CC(C)(C)NC(N)=NCC1(N2CCOCC2)CC1. The van der Waals surface area contributed by atoms with Crippen molar-refractivity contribution in [3.8, 4) is 0 Å². The van der Waals surface area contributed by atoms with E-state index in [0.29, 0.717) is 5.96 Å². The van der Waals surface area contributed by atoms with E-state index in [2.05, 4.69) is 36.0 Å². The molecule has 1 saturated carbocycles. The molecule has 2 fully saturated rings. The van der Waals surface area contributed by atoms with Crippen LogP contribution in [0.15, 0.2) is 4.99 Å². The minimum atomic E-state index is -0.0245. The molecule has 0 atom stereocenters. The number of morpholine rings is 1. The highest BCUT2D eigenvalue weighted by Crippen LogP contribution is 2.42. The summed E-state index contributed by atoms with van der Waals surface area (Å²) in [6.45, 7) is 10.8. The highest BCUT2D eigenvalue weighted by Gasteiger charge is 2.48. The first kappa shape index (κ1) is 13.6. The molecular weight excluding hydrogens is 228 g/mol. The fourth-order valence-electron chi connectivity index (χ4n) is 2.41. The topological polar surface area (TPSA) is 62.9 Å². The van der Waals surface area contributed by atoms with Crippen molar-refractivity contribution in [3.63, 3.8) is 0 Å². The summed E-state index contributed by atoms with van der Waals surface area (Å²) in [6.07, 6.45) is 2.47. The fourth-order valence-corrected chi connectivity index (χ4v) is 2.41. The molecular formula is C13H26N4O. The van der Waals surface area contributed by atoms with E-state index >= 15 is 0 Å². The predicted octanol–water partition coefficient (Wildman–Crippen LogP) is 0.554. The smallest absolute Gasteiger partial charge is 0.189 e. The summed E-state index contributed by atoms with van der Waals surface area (Å²) in [4.78, 5) is 7.04. The second-order valence-corrected chi connectivity index (χ2v) is 6.40. The van der Waals surface area contributed by atoms with E-state index in [-0.39, 0.29) is 11.1 Å². The second-order valence-electron chi connectivity index (χ2n) is 6.40. The second kappa shape index (κ2) is 5.05. The van der Waals surface area contributed by atoms with E-state index in [9.17, 15) is 0 Å². The van der Waals surface area contributed by atoms with E-state index < -0.39 is 0 Å². The van der Waals surface area contributed by atoms with Crippen LogP contribution >= 0.6 is 0 Å². The third-order valence-electron chi connectivity index (χ3n) is 3.56. The van der Waals surface area contributed by atoms with Gasteiger partial charge in [0.05, 0.1) is 19.8 Å². The zero-order valence-electron chi connectivity index (χ0n) is 11.8. The van der Waals surface area contributed by atoms with Gasteiger partial charge in [-0.2, -0.15) is 0 Å². The summed E-state index contributed by atoms with van der Waals surface area (Å²) >= 11 is 0. The molecule has 0 radical (unpaired) electrons. The Hall–Kier alpha value is -0.810. The van der Waals surface area contributed by atoms with Crippen LogP contribution in [0.1, 0.15) is 33.6 Å². The number of rotatable bonds is 3. The molecule has 0 aromatic heterocycles. The molecule has 0 bridgehead atoms. The summed E-state index contributed by atoms with van der Waals surface area (Å²) in [6, 6.07) is 0. The maximum Gasteiger partial charge on any atom is 0.189 e. The third kappa shape index (κ3) is 3.59. The van der Waals surface area contributed by atoms with Gasteiger partial charge in [0.15, 0.2) is 5.96 Å². The van der Waals surface area contributed by atoms with E-state index in [4.69, 9.17) is 10.5 Å². The Bertz CT molecular complexity index is 311. The Balaban J connectivity index is 1.87. The minimum absolute atomic E-state index is 0.0245. The molecule has 2 aliphatic rings. The summed E-state index contributed by atoms with van der Waals surface area (Å²) in [5.74, 6) is 0.557. The van der Waals surface area contributed by atoms with Gasteiger partial charge in [-0.05, 0) is 33.6 Å². The molecule has 0 amide bonds. The molecule has 5 heteroatoms. The zero-order valence-corrected chi connectivity index (χ0v) is 11.8. The van der Waals surface area contributed by atoms with Crippen molar-refractivity contribution in [2.24, 2.45) is 10.7 Å². The van der Waals surface area contributed by atoms with Gasteiger partial charge in [0.1, 0.15) is 0 Å². The first-order valence-corrected chi connectivity index (χ1v) is 6.82. The first-order chi connectivity index (χ1) is 8.41. The zero-order chi connectivity index (χ0) is 13.2. The molecule has 0 spiro atoms. The van der Waals surface area contributed by atoms with Crippen molar-refractivity contribution >= 4 is 5.96 Å². The molecule has 0 aromatic rings. The van der Waals surface area contributed by atoms with Crippen LogP contribution in [0.4, 0.5) is 0 Å². The van der Waals surface area contributed by atoms with Gasteiger partial charge in [-0.25, -0.2) is 0 Å². The largest absolute Gasteiger partial charge is 0.379 e. The average Bonchev–Trinajstić information content (AvgIpc) is 3.06. The summed E-state index contributed by atoms with van der Waals surface area (Å²) in [7, 11) is 0. The summed E-state index contributed by atoms with van der Waals surface area (Å²) < 4.78 is 5.40. The van der Waals surface area contributed by atoms with Crippen LogP contribution in [0.3, 0.4) is 0 Å². The average molecular weight is 254 g/mol. The van der Waals surface area contributed by atoms with Crippen molar-refractivity contribution in [1.29, 1.82) is 0 Å². The highest BCUT2D eigenvalue weighted by molar-refractivity contribution is 5.78. The van der Waals surface area contributed by atoms with Gasteiger partial charge in [-0.15, -0.1) is 0 Å². The Kier molecular flexibility index (Phi) is 3.82. The molecule has 104 valence electrons. The van der Waals surface area contributed by atoms with Gasteiger partial charge in [0.25, 0.3) is 0 Å². The molecule has 1 saturated heterocycles. The van der Waals surface area contributed by atoms with E-state index in [1.807, 2.05) is 0 Å². The van der Waals surface area contributed by atoms with Crippen molar-refractivity contribution in [3.05, 3.63) is 0 Å². The standard InChI is InChI=1S/C13H26N4O/c1-12(2,3)16-11(14)15-10-13(4-5-13)17-6-8-18-9-7-17/h4-10H2,1-3H3,(H3,14,15,16). The van der Waals surface area contributed by atoms with E-state index in [1.54, 1.807) is 0 Å². The van der Waals surface area contributed by atoms with Gasteiger partial charge in [0, 0.05) is 24.2 Å². The van der Waals surface area contributed by atoms with Crippen LogP contribution in [-0.2, 0) is 4.74 Å². The van der Waals surface area contributed by atoms with Gasteiger partial charge in [-0.1, -0.05) is 0 Å². The maximum absolute atomic E-state index is 5.92. The molecule has 3 N–H and O–H groups in total. The Morgan fingerprint density at radius 1 is 1.33 bits per heavy atom. The van der Waals surface area contributed by atoms with Crippen molar-refractivity contribution < 1.29 is 4.74 Å². The van der Waals surface area contributed by atoms with Crippen molar-refractivity contribution in [1.82, 2.24) is 10.2 Å². The van der Waals surface area contributed by atoms with Crippen molar-refractivity contribution in [2.45, 2.75) is 44.7 Å². The lowest BCUT2D eigenvalue weighted by atomic mass is 10.1. The molecule has 0 aromatic carbocycles. The van der Waals surface area contributed by atoms with Gasteiger partial charge in [0.2, 0.25) is 0 Å². The Labute approximate surface area is 110 Å². The molecule has 1 aliphatic heterocycles. The van der Waals surface area contributed by atoms with Crippen LogP contribution in [0.25, 0.3) is 0 Å². The predicted molar refractivity (Wildman–Crippen MR) is 73.7 cm³/mol. The lowest BCUT2D eigenvalue weighted by Crippen LogP contribution is -2.48. The lowest BCUT2D eigenvalue weighted by Gasteiger charge is -2.34. The van der Waals surface area contributed by atoms with E-state index in [1.165, 1.54) is 12.8 Å². The van der Waals surface area contributed by atoms with Gasteiger partial charge in [-0.3, -0.25) is 9.89 Å². The number of aliphatic imine (C=N–C) groups is 1. The number of hydrogen-bond acceptors (Lipinski definition) is 3. The Morgan fingerprint density at radius 2 is 1.94 bits per heavy atom. The quantitative estimate of drug-likeness (QED) is 0.570. The molecule has 1 heterocycles. The van der Waals surface area contributed by atoms with Crippen LogP contribution in [-0.4, -0.2) is 54.8 Å². The molecule has 2 rings (SSSR count). The number of guanidine groups is 1. The number of nitrogens with two attached hydrogens (primary N) is 1. The van der Waals surface area contributed by atoms with E-state index in [0.717, 1.165) is 32.8 Å². The number of nitrogens with one attached hydrogen (secondary N) is 1. The van der Waals surface area contributed by atoms with Crippen LogP contribution in [0, 0.1) is 0 Å². The minimum Gasteiger partial charge on any atom is -0.379 e. The monoisotopic (exact) mass is 254 g/mol. The number of hydrogen-bond donors (Lipinski definition) is 2. The molecule has 5 nitrogen and oxygen atoms in total. The fraction of sp³-hybridized carbons (Fsp3) is 0.923. The molecule has 1 aliphatic carbocycles. The molecule has 18 heavy (non-hydrogen) atoms. The molecule has 0 unspecified atom stereocenters. The third-order valence-corrected chi connectivity index (χ3v) is 3.56. The Morgan fingerprint density at radius 3 is 2.44 bits per heavy atom. The maximum atomic E-state index is 5.92. The van der Waals surface area contributed by atoms with Crippen molar-refractivity contribution in [2.75, 3.05) is 32.8 Å². The van der Waals surface area contributed by atoms with Crippen LogP contribution in [0.5, 0.6) is 0 Å².